The molecule has 8 heteroatoms. The second-order valence-electron chi connectivity index (χ2n) is 7.05. The molecule has 2 aromatic carbocycles. The summed E-state index contributed by atoms with van der Waals surface area (Å²) >= 11 is 12.3. The van der Waals surface area contributed by atoms with Crippen LogP contribution in [-0.4, -0.2) is 41.4 Å². The quantitative estimate of drug-likeness (QED) is 0.619. The van der Waals surface area contributed by atoms with E-state index in [9.17, 15) is 9.59 Å². The van der Waals surface area contributed by atoms with E-state index in [0.29, 0.717) is 22.3 Å². The van der Waals surface area contributed by atoms with Crippen LogP contribution in [0.2, 0.25) is 10.0 Å². The van der Waals surface area contributed by atoms with Crippen molar-refractivity contribution < 1.29 is 14.3 Å². The smallest absolute Gasteiger partial charge is 0.260 e. The number of likely N-dealkylation sites (tertiary alicyclic amines) is 1. The minimum absolute atomic E-state index is 0.0359. The first kappa shape index (κ1) is 20.4. The molecular weight excluding hydrogens is 425 g/mol. The van der Waals surface area contributed by atoms with E-state index >= 15 is 0 Å². The third kappa shape index (κ3) is 3.93. The van der Waals surface area contributed by atoms with Gasteiger partial charge in [-0.15, -0.1) is 0 Å². The van der Waals surface area contributed by atoms with Crippen molar-refractivity contribution in [1.29, 1.82) is 0 Å². The molecular formula is C22H19Cl2N3O3. The van der Waals surface area contributed by atoms with Crippen molar-refractivity contribution in [3.63, 3.8) is 0 Å². The second-order valence-corrected chi connectivity index (χ2v) is 7.86. The van der Waals surface area contributed by atoms with Crippen molar-refractivity contribution in [3.8, 4) is 5.75 Å². The third-order valence-corrected chi connectivity index (χ3v) is 5.64. The Labute approximate surface area is 183 Å². The standard InChI is InChI=1S/C22H19Cl2N3O3/c1-13-11-25-20-14(21(13)30-12-18(28)27-9-4-10-27)5-2-8-17(20)26-22(29)19-15(23)6-3-7-16(19)24/h2-3,5-8,11H,4,9-10,12H2,1H3,(H,26,29). The lowest BCUT2D eigenvalue weighted by Crippen LogP contribution is -2.44. The molecule has 154 valence electrons. The predicted octanol–water partition coefficient (Wildman–Crippen LogP) is 4.71. The van der Waals surface area contributed by atoms with Gasteiger partial charge >= 0.3 is 0 Å². The number of fused-ring (bicyclic) bond motifs is 1. The summed E-state index contributed by atoms with van der Waals surface area (Å²) in [5.74, 6) is 0.0973. The van der Waals surface area contributed by atoms with Crippen LogP contribution < -0.4 is 10.1 Å². The Hall–Kier alpha value is -2.83. The van der Waals surface area contributed by atoms with Gasteiger partial charge in [0.2, 0.25) is 0 Å². The maximum atomic E-state index is 12.8. The summed E-state index contributed by atoms with van der Waals surface area (Å²) < 4.78 is 5.87. The van der Waals surface area contributed by atoms with Crippen LogP contribution in [0.25, 0.3) is 10.9 Å². The highest BCUT2D eigenvalue weighted by atomic mass is 35.5. The van der Waals surface area contributed by atoms with Crippen LogP contribution in [0.4, 0.5) is 5.69 Å². The molecule has 0 atom stereocenters. The summed E-state index contributed by atoms with van der Waals surface area (Å²) in [7, 11) is 0. The fourth-order valence-electron chi connectivity index (χ4n) is 3.28. The molecule has 0 spiro atoms. The SMILES string of the molecule is Cc1cnc2c(NC(=O)c3c(Cl)cccc3Cl)cccc2c1OCC(=O)N1CCC1. The average molecular weight is 444 g/mol. The molecule has 1 aromatic heterocycles. The molecule has 3 aromatic rings. The first-order valence-electron chi connectivity index (χ1n) is 9.50. The Bertz CT molecular complexity index is 1130. The number of hydrogen-bond acceptors (Lipinski definition) is 4. The number of pyridine rings is 1. The number of aromatic nitrogens is 1. The third-order valence-electron chi connectivity index (χ3n) is 5.01. The highest BCUT2D eigenvalue weighted by Gasteiger charge is 2.22. The van der Waals surface area contributed by atoms with Gasteiger partial charge in [0.1, 0.15) is 5.75 Å². The van der Waals surface area contributed by atoms with Gasteiger partial charge in [-0.25, -0.2) is 0 Å². The number of carbonyl (C=O) groups is 2. The predicted molar refractivity (Wildman–Crippen MR) is 118 cm³/mol. The van der Waals surface area contributed by atoms with Crippen molar-refractivity contribution in [1.82, 2.24) is 9.88 Å². The topological polar surface area (TPSA) is 71.5 Å². The monoisotopic (exact) mass is 443 g/mol. The lowest BCUT2D eigenvalue weighted by molar-refractivity contribution is -0.136. The van der Waals surface area contributed by atoms with E-state index in [0.717, 1.165) is 25.1 Å². The van der Waals surface area contributed by atoms with Gasteiger partial charge in [-0.2, -0.15) is 0 Å². The molecule has 2 amide bonds. The molecule has 1 fully saturated rings. The number of nitrogens with one attached hydrogen (secondary N) is 1. The number of carbonyl (C=O) groups excluding carboxylic acids is 2. The molecule has 30 heavy (non-hydrogen) atoms. The van der Waals surface area contributed by atoms with Crippen molar-refractivity contribution in [3.05, 3.63) is 63.8 Å². The molecule has 1 aliphatic heterocycles. The van der Waals surface area contributed by atoms with Crippen LogP contribution in [0.15, 0.2) is 42.6 Å². The zero-order chi connectivity index (χ0) is 21.3. The van der Waals surface area contributed by atoms with Gasteiger partial charge in [0.15, 0.2) is 6.61 Å². The number of hydrogen-bond donors (Lipinski definition) is 1. The number of para-hydroxylation sites is 1. The molecule has 6 nitrogen and oxygen atoms in total. The zero-order valence-electron chi connectivity index (χ0n) is 16.2. The molecule has 1 N–H and O–H groups in total. The van der Waals surface area contributed by atoms with Crippen LogP contribution in [-0.2, 0) is 4.79 Å². The fourth-order valence-corrected chi connectivity index (χ4v) is 3.85. The van der Waals surface area contributed by atoms with E-state index in [4.69, 9.17) is 27.9 Å². The molecule has 0 saturated carbocycles. The molecule has 1 saturated heterocycles. The number of nitrogens with zero attached hydrogens (tertiary/aromatic N) is 2. The summed E-state index contributed by atoms with van der Waals surface area (Å²) in [5.41, 5.74) is 2.04. The van der Waals surface area contributed by atoms with Crippen LogP contribution in [0.3, 0.4) is 0 Å². The van der Waals surface area contributed by atoms with Crippen molar-refractivity contribution in [2.45, 2.75) is 13.3 Å². The van der Waals surface area contributed by atoms with E-state index in [1.54, 1.807) is 41.4 Å². The van der Waals surface area contributed by atoms with Crippen LogP contribution >= 0.6 is 23.2 Å². The molecule has 1 aliphatic rings. The van der Waals surface area contributed by atoms with Gasteiger partial charge in [0, 0.05) is 30.2 Å². The Kier molecular flexibility index (Phi) is 5.79. The van der Waals surface area contributed by atoms with Crippen LogP contribution in [0.1, 0.15) is 22.3 Å². The number of aryl methyl sites for hydroxylation is 1. The van der Waals surface area contributed by atoms with E-state index < -0.39 is 5.91 Å². The second kappa shape index (κ2) is 8.50. The van der Waals surface area contributed by atoms with Crippen LogP contribution in [0, 0.1) is 6.92 Å². The summed E-state index contributed by atoms with van der Waals surface area (Å²) in [4.78, 5) is 31.2. The molecule has 4 rings (SSSR count). The maximum absolute atomic E-state index is 12.8. The summed E-state index contributed by atoms with van der Waals surface area (Å²) in [5, 5.41) is 4.06. The van der Waals surface area contributed by atoms with E-state index in [1.807, 2.05) is 13.0 Å². The number of rotatable bonds is 5. The van der Waals surface area contributed by atoms with Gasteiger partial charge < -0.3 is 15.0 Å². The first-order chi connectivity index (χ1) is 14.5. The molecule has 0 radical (unpaired) electrons. The number of ether oxygens (including phenoxy) is 1. The van der Waals surface area contributed by atoms with Crippen molar-refractivity contribution >= 4 is 51.6 Å². The molecule has 0 unspecified atom stereocenters. The number of halogens is 2. The summed E-state index contributed by atoms with van der Waals surface area (Å²) in [6.07, 6.45) is 2.69. The van der Waals surface area contributed by atoms with Gasteiger partial charge in [0.05, 0.1) is 26.8 Å². The van der Waals surface area contributed by atoms with Crippen molar-refractivity contribution in [2.75, 3.05) is 25.0 Å². The van der Waals surface area contributed by atoms with Gasteiger partial charge in [-0.3, -0.25) is 14.6 Å². The molecule has 2 heterocycles. The van der Waals surface area contributed by atoms with Gasteiger partial charge in [-0.05, 0) is 37.6 Å². The van der Waals surface area contributed by atoms with Gasteiger partial charge in [-0.1, -0.05) is 35.3 Å². The normalized spacial score (nSPS) is 13.1. The molecule has 0 aliphatic carbocycles. The minimum Gasteiger partial charge on any atom is -0.483 e. The van der Waals surface area contributed by atoms with Crippen molar-refractivity contribution in [2.24, 2.45) is 0 Å². The Morgan fingerprint density at radius 2 is 1.83 bits per heavy atom. The zero-order valence-corrected chi connectivity index (χ0v) is 17.8. The lowest BCUT2D eigenvalue weighted by Gasteiger charge is -2.30. The highest BCUT2D eigenvalue weighted by molar-refractivity contribution is 6.40. The number of amides is 2. The average Bonchev–Trinajstić information content (AvgIpc) is 2.66. The van der Waals surface area contributed by atoms with E-state index in [2.05, 4.69) is 10.3 Å². The largest absolute Gasteiger partial charge is 0.483 e. The number of benzene rings is 2. The highest BCUT2D eigenvalue weighted by Crippen LogP contribution is 2.33. The fraction of sp³-hybridized carbons (Fsp3) is 0.227. The van der Waals surface area contributed by atoms with Crippen LogP contribution in [0.5, 0.6) is 5.75 Å². The lowest BCUT2D eigenvalue weighted by atomic mass is 10.1. The molecule has 0 bridgehead atoms. The first-order valence-corrected chi connectivity index (χ1v) is 10.3. The summed E-state index contributed by atoms with van der Waals surface area (Å²) in [6.45, 7) is 3.38. The minimum atomic E-state index is -0.434. The Balaban J connectivity index is 1.63. The van der Waals surface area contributed by atoms with E-state index in [-0.39, 0.29) is 28.1 Å². The van der Waals surface area contributed by atoms with E-state index in [1.165, 1.54) is 0 Å². The summed E-state index contributed by atoms with van der Waals surface area (Å²) in [6, 6.07) is 10.3. The Morgan fingerprint density at radius 3 is 2.50 bits per heavy atom. The number of anilines is 1. The van der Waals surface area contributed by atoms with Gasteiger partial charge in [0.25, 0.3) is 11.8 Å². The maximum Gasteiger partial charge on any atom is 0.260 e. The Morgan fingerprint density at radius 1 is 1.13 bits per heavy atom.